The Morgan fingerprint density at radius 2 is 2.25 bits per heavy atom. The molecule has 0 aliphatic rings. The standard InChI is InChI=1S/C9H9BrN2O4/c1-5(9(13)14)11-7-4-2-3-6(10)8(7)12(15)16/h2-5,11H,1H3,(H,13,14)/t5-/m0/s1. The van der Waals surface area contributed by atoms with E-state index in [0.29, 0.717) is 4.47 Å². The number of halogens is 1. The van der Waals surface area contributed by atoms with Crippen molar-refractivity contribution in [3.05, 3.63) is 32.8 Å². The first-order valence-corrected chi connectivity index (χ1v) is 5.15. The van der Waals surface area contributed by atoms with Gasteiger partial charge in [-0.25, -0.2) is 0 Å². The SMILES string of the molecule is C[C@H](Nc1cccc(Br)c1[N+](=O)[O-])C(=O)O. The van der Waals surface area contributed by atoms with Gasteiger partial charge in [0.25, 0.3) is 0 Å². The number of benzene rings is 1. The fourth-order valence-corrected chi connectivity index (χ4v) is 1.62. The van der Waals surface area contributed by atoms with Gasteiger partial charge in [-0.1, -0.05) is 6.07 Å². The van der Waals surface area contributed by atoms with Crippen molar-refractivity contribution in [3.63, 3.8) is 0 Å². The largest absolute Gasteiger partial charge is 0.480 e. The third-order valence-electron chi connectivity index (χ3n) is 1.91. The number of carbonyl (C=O) groups is 1. The molecule has 0 unspecified atom stereocenters. The van der Waals surface area contributed by atoms with Crippen LogP contribution in [0, 0.1) is 10.1 Å². The highest BCUT2D eigenvalue weighted by Crippen LogP contribution is 2.32. The number of carboxylic acid groups (broad SMARTS) is 1. The van der Waals surface area contributed by atoms with Gasteiger partial charge < -0.3 is 10.4 Å². The summed E-state index contributed by atoms with van der Waals surface area (Å²) in [5.74, 6) is -1.07. The van der Waals surface area contributed by atoms with E-state index in [0.717, 1.165) is 0 Å². The summed E-state index contributed by atoms with van der Waals surface area (Å²) in [5.41, 5.74) is 0.00451. The maximum atomic E-state index is 10.8. The molecule has 1 rings (SSSR count). The van der Waals surface area contributed by atoms with E-state index in [1.807, 2.05) is 0 Å². The number of aliphatic carboxylic acids is 1. The number of nitro benzene ring substituents is 1. The zero-order valence-corrected chi connectivity index (χ0v) is 9.89. The first-order chi connectivity index (χ1) is 7.43. The molecule has 0 saturated heterocycles. The van der Waals surface area contributed by atoms with Crippen molar-refractivity contribution in [2.75, 3.05) is 5.32 Å². The Morgan fingerprint density at radius 1 is 1.62 bits per heavy atom. The third kappa shape index (κ3) is 2.69. The number of para-hydroxylation sites is 1. The maximum absolute atomic E-state index is 10.8. The molecule has 0 spiro atoms. The molecule has 0 heterocycles. The van der Waals surface area contributed by atoms with Crippen LogP contribution in [0.2, 0.25) is 0 Å². The lowest BCUT2D eigenvalue weighted by molar-refractivity contribution is -0.384. The second-order valence-corrected chi connectivity index (χ2v) is 3.95. The molecule has 0 aliphatic heterocycles. The number of carboxylic acids is 1. The third-order valence-corrected chi connectivity index (χ3v) is 2.55. The van der Waals surface area contributed by atoms with Crippen molar-refractivity contribution in [2.45, 2.75) is 13.0 Å². The second-order valence-electron chi connectivity index (χ2n) is 3.10. The zero-order chi connectivity index (χ0) is 12.3. The molecule has 7 heteroatoms. The Kier molecular flexibility index (Phi) is 3.83. The monoisotopic (exact) mass is 288 g/mol. The van der Waals surface area contributed by atoms with E-state index in [-0.39, 0.29) is 11.4 Å². The molecule has 16 heavy (non-hydrogen) atoms. The minimum Gasteiger partial charge on any atom is -0.480 e. The first-order valence-electron chi connectivity index (χ1n) is 4.35. The van der Waals surface area contributed by atoms with Gasteiger partial charge in [-0.05, 0) is 35.0 Å². The van der Waals surface area contributed by atoms with Crippen molar-refractivity contribution in [3.8, 4) is 0 Å². The number of nitrogens with one attached hydrogen (secondary N) is 1. The maximum Gasteiger partial charge on any atom is 0.325 e. The van der Waals surface area contributed by atoms with Crippen LogP contribution in [0.1, 0.15) is 6.92 Å². The van der Waals surface area contributed by atoms with Gasteiger partial charge in [-0.2, -0.15) is 0 Å². The number of nitrogens with zero attached hydrogens (tertiary/aromatic N) is 1. The van der Waals surface area contributed by atoms with Crippen LogP contribution in [0.5, 0.6) is 0 Å². The molecule has 1 atom stereocenters. The molecule has 2 N–H and O–H groups in total. The lowest BCUT2D eigenvalue weighted by Gasteiger charge is -2.11. The van der Waals surface area contributed by atoms with Gasteiger partial charge in [-0.3, -0.25) is 14.9 Å². The first kappa shape index (κ1) is 12.4. The van der Waals surface area contributed by atoms with Crippen LogP contribution >= 0.6 is 15.9 Å². The van der Waals surface area contributed by atoms with E-state index in [2.05, 4.69) is 21.2 Å². The van der Waals surface area contributed by atoms with Crippen molar-refractivity contribution in [2.24, 2.45) is 0 Å². The van der Waals surface area contributed by atoms with E-state index in [1.54, 1.807) is 6.07 Å². The van der Waals surface area contributed by atoms with Gasteiger partial charge in [0.05, 0.1) is 9.40 Å². The summed E-state index contributed by atoms with van der Waals surface area (Å²) in [5, 5.41) is 22.0. The Bertz CT molecular complexity index is 436. The van der Waals surface area contributed by atoms with Gasteiger partial charge in [0.2, 0.25) is 0 Å². The van der Waals surface area contributed by atoms with E-state index >= 15 is 0 Å². The molecule has 0 radical (unpaired) electrons. The molecule has 0 fully saturated rings. The van der Waals surface area contributed by atoms with Crippen LogP contribution < -0.4 is 5.32 Å². The van der Waals surface area contributed by atoms with E-state index in [9.17, 15) is 14.9 Å². The van der Waals surface area contributed by atoms with Gasteiger partial charge in [-0.15, -0.1) is 0 Å². The Balaban J connectivity index is 3.09. The van der Waals surface area contributed by atoms with E-state index in [4.69, 9.17) is 5.11 Å². The van der Waals surface area contributed by atoms with Crippen LogP contribution in [0.25, 0.3) is 0 Å². The quantitative estimate of drug-likeness (QED) is 0.655. The summed E-state index contributed by atoms with van der Waals surface area (Å²) >= 11 is 3.05. The van der Waals surface area contributed by atoms with Gasteiger partial charge in [0, 0.05) is 0 Å². The molecule has 0 saturated carbocycles. The van der Waals surface area contributed by atoms with E-state index < -0.39 is 16.9 Å². The molecule has 1 aromatic carbocycles. The Morgan fingerprint density at radius 3 is 2.75 bits per heavy atom. The normalized spacial score (nSPS) is 11.9. The Hall–Kier alpha value is -1.63. The summed E-state index contributed by atoms with van der Waals surface area (Å²) in [4.78, 5) is 20.8. The highest BCUT2D eigenvalue weighted by Gasteiger charge is 2.21. The summed E-state index contributed by atoms with van der Waals surface area (Å²) in [6.45, 7) is 1.41. The van der Waals surface area contributed by atoms with Gasteiger partial charge in [0.15, 0.2) is 0 Å². The van der Waals surface area contributed by atoms with Crippen LogP contribution in [0.4, 0.5) is 11.4 Å². The fourth-order valence-electron chi connectivity index (χ4n) is 1.11. The van der Waals surface area contributed by atoms with Crippen molar-refractivity contribution in [1.82, 2.24) is 0 Å². The molecule has 0 amide bonds. The molecule has 86 valence electrons. The molecule has 1 aromatic rings. The molecular formula is C9H9BrN2O4. The number of nitro groups is 1. The predicted molar refractivity (Wildman–Crippen MR) is 61.5 cm³/mol. The molecule has 0 aromatic heterocycles. The second kappa shape index (κ2) is 4.93. The molecular weight excluding hydrogens is 280 g/mol. The average Bonchev–Trinajstić information content (AvgIpc) is 2.16. The number of hydrogen-bond donors (Lipinski definition) is 2. The van der Waals surface area contributed by atoms with Gasteiger partial charge in [0.1, 0.15) is 11.7 Å². The van der Waals surface area contributed by atoms with Crippen molar-refractivity contribution in [1.29, 1.82) is 0 Å². The highest BCUT2D eigenvalue weighted by atomic mass is 79.9. The van der Waals surface area contributed by atoms with Crippen LogP contribution in [-0.4, -0.2) is 22.0 Å². The van der Waals surface area contributed by atoms with Gasteiger partial charge >= 0.3 is 11.7 Å². The van der Waals surface area contributed by atoms with Crippen molar-refractivity contribution >= 4 is 33.3 Å². The summed E-state index contributed by atoms with van der Waals surface area (Å²) in [7, 11) is 0. The minimum absolute atomic E-state index is 0.171. The average molecular weight is 289 g/mol. The Labute approximate surface area is 99.6 Å². The lowest BCUT2D eigenvalue weighted by Crippen LogP contribution is -2.25. The fraction of sp³-hybridized carbons (Fsp3) is 0.222. The molecule has 0 aliphatic carbocycles. The topological polar surface area (TPSA) is 92.5 Å². The molecule has 6 nitrogen and oxygen atoms in total. The smallest absolute Gasteiger partial charge is 0.325 e. The molecule has 0 bridgehead atoms. The number of rotatable bonds is 4. The van der Waals surface area contributed by atoms with E-state index in [1.165, 1.54) is 19.1 Å². The summed E-state index contributed by atoms with van der Waals surface area (Å²) in [6, 6.07) is 3.68. The van der Waals surface area contributed by atoms with Crippen LogP contribution in [0.15, 0.2) is 22.7 Å². The summed E-state index contributed by atoms with van der Waals surface area (Å²) < 4.78 is 0.306. The highest BCUT2D eigenvalue weighted by molar-refractivity contribution is 9.10. The number of anilines is 1. The minimum atomic E-state index is -1.07. The van der Waals surface area contributed by atoms with Crippen LogP contribution in [-0.2, 0) is 4.79 Å². The zero-order valence-electron chi connectivity index (χ0n) is 8.31. The lowest BCUT2D eigenvalue weighted by atomic mass is 10.2. The number of hydrogen-bond acceptors (Lipinski definition) is 4. The summed E-state index contributed by atoms with van der Waals surface area (Å²) in [6.07, 6.45) is 0. The van der Waals surface area contributed by atoms with Crippen molar-refractivity contribution < 1.29 is 14.8 Å². The predicted octanol–water partition coefficient (Wildman–Crippen LogP) is 2.24. The van der Waals surface area contributed by atoms with Crippen LogP contribution in [0.3, 0.4) is 0 Å².